The van der Waals surface area contributed by atoms with E-state index in [0.717, 1.165) is 0 Å². The number of nitrogens with one attached hydrogen (secondary N) is 1. The number of rotatable bonds is 4. The number of carbonyl (C=O) groups excluding carboxylic acids is 1. The van der Waals surface area contributed by atoms with Gasteiger partial charge in [0, 0.05) is 0 Å². The molecule has 0 aliphatic rings. The first-order valence-electron chi connectivity index (χ1n) is 4.87. The molecule has 0 spiro atoms. The molecule has 0 saturated carbocycles. The molecular formula is C12H11BrFNO2. The molecule has 0 bridgehead atoms. The summed E-state index contributed by atoms with van der Waals surface area (Å²) in [4.78, 5) is 11.5. The molecule has 17 heavy (non-hydrogen) atoms. The van der Waals surface area contributed by atoms with Gasteiger partial charge in [-0.25, -0.2) is 4.39 Å². The van der Waals surface area contributed by atoms with Gasteiger partial charge in [0.25, 0.3) is 5.91 Å². The van der Waals surface area contributed by atoms with E-state index >= 15 is 0 Å². The lowest BCUT2D eigenvalue weighted by Gasteiger charge is -2.14. The zero-order valence-electron chi connectivity index (χ0n) is 9.17. The van der Waals surface area contributed by atoms with Gasteiger partial charge in [-0.05, 0) is 41.1 Å². The first kappa shape index (κ1) is 13.5. The van der Waals surface area contributed by atoms with Crippen LogP contribution in [0.2, 0.25) is 0 Å². The van der Waals surface area contributed by atoms with Gasteiger partial charge in [0.2, 0.25) is 0 Å². The third-order valence-electron chi connectivity index (χ3n) is 1.93. The number of terminal acetylenes is 1. The third-order valence-corrected chi connectivity index (χ3v) is 2.55. The summed E-state index contributed by atoms with van der Waals surface area (Å²) in [7, 11) is 0. The van der Waals surface area contributed by atoms with Crippen LogP contribution in [0.3, 0.4) is 0 Å². The molecule has 0 aliphatic carbocycles. The van der Waals surface area contributed by atoms with Crippen LogP contribution in [0.25, 0.3) is 0 Å². The fourth-order valence-electron chi connectivity index (χ4n) is 1.10. The molecule has 1 unspecified atom stereocenters. The maximum Gasteiger partial charge on any atom is 0.261 e. The maximum absolute atomic E-state index is 12.8. The van der Waals surface area contributed by atoms with Gasteiger partial charge in [-0.2, -0.15) is 0 Å². The summed E-state index contributed by atoms with van der Waals surface area (Å²) in [6.45, 7) is 1.73. The number of hydrogen-bond acceptors (Lipinski definition) is 2. The summed E-state index contributed by atoms with van der Waals surface area (Å²) in [5.74, 6) is 1.99. The second-order valence-electron chi connectivity index (χ2n) is 3.26. The van der Waals surface area contributed by atoms with E-state index in [0.29, 0.717) is 10.2 Å². The quantitative estimate of drug-likeness (QED) is 0.865. The van der Waals surface area contributed by atoms with Crippen molar-refractivity contribution in [3.05, 3.63) is 28.5 Å². The van der Waals surface area contributed by atoms with Gasteiger partial charge in [0.1, 0.15) is 11.6 Å². The van der Waals surface area contributed by atoms with Crippen molar-refractivity contribution in [2.24, 2.45) is 0 Å². The van der Waals surface area contributed by atoms with Gasteiger partial charge in [0.05, 0.1) is 11.0 Å². The molecule has 0 saturated heterocycles. The fraction of sp³-hybridized carbons (Fsp3) is 0.250. The molecule has 90 valence electrons. The van der Waals surface area contributed by atoms with E-state index in [-0.39, 0.29) is 18.3 Å². The van der Waals surface area contributed by atoms with Crippen LogP contribution >= 0.6 is 15.9 Å². The minimum atomic E-state index is -0.704. The SMILES string of the molecule is C#CCNC(=O)C(C)Oc1ccc(F)cc1Br. The Morgan fingerprint density at radius 1 is 1.71 bits per heavy atom. The summed E-state index contributed by atoms with van der Waals surface area (Å²) in [5.41, 5.74) is 0. The Hall–Kier alpha value is -1.54. The Bertz CT molecular complexity index is 456. The number of halogens is 2. The summed E-state index contributed by atoms with van der Waals surface area (Å²) in [6, 6.07) is 3.97. The molecule has 1 atom stereocenters. The van der Waals surface area contributed by atoms with Gasteiger partial charge in [0.15, 0.2) is 6.10 Å². The molecule has 1 amide bonds. The van der Waals surface area contributed by atoms with Crippen molar-refractivity contribution in [3.63, 3.8) is 0 Å². The van der Waals surface area contributed by atoms with Crippen LogP contribution in [-0.4, -0.2) is 18.6 Å². The van der Waals surface area contributed by atoms with Crippen LogP contribution in [0.4, 0.5) is 4.39 Å². The summed E-state index contributed by atoms with van der Waals surface area (Å²) in [6.07, 6.45) is 4.31. The maximum atomic E-state index is 12.8. The topological polar surface area (TPSA) is 38.3 Å². The van der Waals surface area contributed by atoms with Crippen molar-refractivity contribution in [3.8, 4) is 18.1 Å². The second kappa shape index (κ2) is 6.26. The van der Waals surface area contributed by atoms with Gasteiger partial charge < -0.3 is 10.1 Å². The van der Waals surface area contributed by atoms with Crippen molar-refractivity contribution >= 4 is 21.8 Å². The van der Waals surface area contributed by atoms with E-state index in [1.165, 1.54) is 18.2 Å². The van der Waals surface area contributed by atoms with Gasteiger partial charge in [-0.3, -0.25) is 4.79 Å². The Morgan fingerprint density at radius 2 is 2.41 bits per heavy atom. The number of amides is 1. The van der Waals surface area contributed by atoms with E-state index in [9.17, 15) is 9.18 Å². The molecule has 1 rings (SSSR count). The van der Waals surface area contributed by atoms with Gasteiger partial charge in [-0.15, -0.1) is 6.42 Å². The lowest BCUT2D eigenvalue weighted by Crippen LogP contribution is -2.36. The van der Waals surface area contributed by atoms with E-state index in [4.69, 9.17) is 11.2 Å². The first-order chi connectivity index (χ1) is 8.04. The van der Waals surface area contributed by atoms with Crippen LogP contribution in [0.1, 0.15) is 6.92 Å². The Morgan fingerprint density at radius 3 is 3.00 bits per heavy atom. The molecule has 0 radical (unpaired) electrons. The summed E-state index contributed by atoms with van der Waals surface area (Å²) >= 11 is 3.15. The number of ether oxygens (including phenoxy) is 1. The molecule has 0 heterocycles. The second-order valence-corrected chi connectivity index (χ2v) is 4.11. The van der Waals surface area contributed by atoms with Crippen molar-refractivity contribution in [1.29, 1.82) is 0 Å². The molecule has 1 N–H and O–H groups in total. The zero-order chi connectivity index (χ0) is 12.8. The molecular weight excluding hydrogens is 289 g/mol. The predicted octanol–water partition coefficient (Wildman–Crippen LogP) is 2.10. The predicted molar refractivity (Wildman–Crippen MR) is 66.0 cm³/mol. The highest BCUT2D eigenvalue weighted by Gasteiger charge is 2.15. The number of carbonyl (C=O) groups is 1. The highest BCUT2D eigenvalue weighted by molar-refractivity contribution is 9.10. The van der Waals surface area contributed by atoms with E-state index < -0.39 is 6.10 Å². The number of hydrogen-bond donors (Lipinski definition) is 1. The van der Waals surface area contributed by atoms with Crippen molar-refractivity contribution in [2.45, 2.75) is 13.0 Å². The Balaban J connectivity index is 2.65. The third kappa shape index (κ3) is 4.08. The van der Waals surface area contributed by atoms with E-state index in [2.05, 4.69) is 27.2 Å². The van der Waals surface area contributed by atoms with E-state index in [1.807, 2.05) is 0 Å². The Kier molecular flexibility index (Phi) is 4.98. The molecule has 0 aliphatic heterocycles. The lowest BCUT2D eigenvalue weighted by atomic mass is 10.3. The van der Waals surface area contributed by atoms with Crippen LogP contribution in [0.15, 0.2) is 22.7 Å². The molecule has 3 nitrogen and oxygen atoms in total. The van der Waals surface area contributed by atoms with Gasteiger partial charge >= 0.3 is 0 Å². The monoisotopic (exact) mass is 299 g/mol. The van der Waals surface area contributed by atoms with Crippen LogP contribution in [0.5, 0.6) is 5.75 Å². The normalized spacial score (nSPS) is 11.4. The minimum absolute atomic E-state index is 0.150. The smallest absolute Gasteiger partial charge is 0.261 e. The zero-order valence-corrected chi connectivity index (χ0v) is 10.8. The molecule has 1 aromatic rings. The van der Waals surface area contributed by atoms with Crippen LogP contribution in [0, 0.1) is 18.2 Å². The largest absolute Gasteiger partial charge is 0.480 e. The van der Waals surface area contributed by atoms with Crippen LogP contribution in [-0.2, 0) is 4.79 Å². The molecule has 0 aromatic heterocycles. The van der Waals surface area contributed by atoms with Crippen molar-refractivity contribution in [2.75, 3.05) is 6.54 Å². The van der Waals surface area contributed by atoms with Gasteiger partial charge in [-0.1, -0.05) is 5.92 Å². The molecule has 5 heteroatoms. The van der Waals surface area contributed by atoms with Crippen LogP contribution < -0.4 is 10.1 Å². The van der Waals surface area contributed by atoms with Crippen molar-refractivity contribution < 1.29 is 13.9 Å². The minimum Gasteiger partial charge on any atom is -0.480 e. The Labute approximate surface area is 107 Å². The van der Waals surface area contributed by atoms with Crippen molar-refractivity contribution in [1.82, 2.24) is 5.32 Å². The summed E-state index contributed by atoms with van der Waals surface area (Å²) < 4.78 is 18.6. The molecule has 1 aromatic carbocycles. The number of benzene rings is 1. The fourth-order valence-corrected chi connectivity index (χ4v) is 1.54. The summed E-state index contributed by atoms with van der Waals surface area (Å²) in [5, 5.41) is 2.49. The lowest BCUT2D eigenvalue weighted by molar-refractivity contribution is -0.127. The van der Waals surface area contributed by atoms with E-state index in [1.54, 1.807) is 6.92 Å². The molecule has 0 fully saturated rings. The average Bonchev–Trinajstić information content (AvgIpc) is 2.29. The first-order valence-corrected chi connectivity index (χ1v) is 5.66. The standard InChI is InChI=1S/C12H11BrFNO2/c1-3-6-15-12(16)8(2)17-11-5-4-9(14)7-10(11)13/h1,4-5,7-8H,6H2,2H3,(H,15,16). The highest BCUT2D eigenvalue weighted by atomic mass is 79.9. The highest BCUT2D eigenvalue weighted by Crippen LogP contribution is 2.26. The average molecular weight is 300 g/mol.